The Morgan fingerprint density at radius 1 is 1.07 bits per heavy atom. The van der Waals surface area contributed by atoms with Gasteiger partial charge in [0.25, 0.3) is 0 Å². The van der Waals surface area contributed by atoms with Crippen molar-refractivity contribution in [1.29, 1.82) is 5.41 Å². The Morgan fingerprint density at radius 3 is 2.25 bits per heavy atom. The third-order valence-electron chi connectivity index (χ3n) is 8.33. The zero-order valence-electron chi connectivity index (χ0n) is 26.9. The molecule has 234 valence electrons. The fourth-order valence-corrected chi connectivity index (χ4v) is 5.88. The number of hydrogen-bond acceptors (Lipinski definition) is 7. The van der Waals surface area contributed by atoms with Gasteiger partial charge in [-0.2, -0.15) is 0 Å². The average molecular weight is 585 g/mol. The van der Waals surface area contributed by atoms with Gasteiger partial charge in [-0.25, -0.2) is 4.40 Å². The first kappa shape index (κ1) is 38.6. The molecule has 2 rings (SSSR count). The highest BCUT2D eigenvalue weighted by Gasteiger charge is 2.44. The Morgan fingerprint density at radius 2 is 1.68 bits per heavy atom. The summed E-state index contributed by atoms with van der Waals surface area (Å²) in [5.41, 5.74) is 1.14. The molecule has 2 unspecified atom stereocenters. The molecule has 0 spiro atoms. The molecule has 2 N–H and O–H groups in total. The molecule has 1 aliphatic heterocycles. The van der Waals surface area contributed by atoms with Crippen LogP contribution >= 0.6 is 12.8 Å². The van der Waals surface area contributed by atoms with E-state index < -0.39 is 0 Å². The highest BCUT2D eigenvalue weighted by Crippen LogP contribution is 2.42. The van der Waals surface area contributed by atoms with Gasteiger partial charge < -0.3 is 14.6 Å². The summed E-state index contributed by atoms with van der Waals surface area (Å²) >= 11 is 4.17. The van der Waals surface area contributed by atoms with Crippen LogP contribution in [0.15, 0.2) is 16.0 Å². The van der Waals surface area contributed by atoms with Crippen LogP contribution in [0.25, 0.3) is 0 Å². The second-order valence-corrected chi connectivity index (χ2v) is 11.4. The number of ether oxygens (including phenoxy) is 2. The summed E-state index contributed by atoms with van der Waals surface area (Å²) in [6, 6.07) is 0. The van der Waals surface area contributed by atoms with Crippen LogP contribution in [-0.2, 0) is 14.3 Å². The summed E-state index contributed by atoms with van der Waals surface area (Å²) in [7, 11) is 3.14. The summed E-state index contributed by atoms with van der Waals surface area (Å²) in [5.74, 6) is 0.0898. The second kappa shape index (κ2) is 22.2. The number of nitrogens with zero attached hydrogens (tertiary/aromatic N) is 2. The topological polar surface area (TPSA) is 92.0 Å². The molecule has 0 aromatic carbocycles. The number of rotatable bonds is 15. The van der Waals surface area contributed by atoms with E-state index in [2.05, 4.69) is 44.2 Å². The smallest absolute Gasteiger partial charge is 0.316 e. The van der Waals surface area contributed by atoms with Crippen LogP contribution in [0, 0.1) is 10.8 Å². The van der Waals surface area contributed by atoms with E-state index >= 15 is 0 Å². The van der Waals surface area contributed by atoms with Gasteiger partial charge in [-0.15, -0.1) is 0 Å². The summed E-state index contributed by atoms with van der Waals surface area (Å²) < 4.78 is 16.7. The van der Waals surface area contributed by atoms with E-state index in [0.717, 1.165) is 77.0 Å². The van der Waals surface area contributed by atoms with Gasteiger partial charge in [0.1, 0.15) is 12.3 Å². The number of quaternary nitrogens is 1. The largest absolute Gasteiger partial charge is 0.477 e. The van der Waals surface area contributed by atoms with Crippen LogP contribution in [-0.4, -0.2) is 67.3 Å². The quantitative estimate of drug-likeness (QED) is 0.0453. The predicted molar refractivity (Wildman–Crippen MR) is 172 cm³/mol. The maximum absolute atomic E-state index is 13.6. The number of aliphatic hydroxyl groups is 1. The lowest BCUT2D eigenvalue weighted by Crippen LogP contribution is -2.57. The molecule has 1 aliphatic carbocycles. The molecule has 40 heavy (non-hydrogen) atoms. The molecule has 0 bridgehead atoms. The van der Waals surface area contributed by atoms with E-state index in [1.807, 2.05) is 20.8 Å². The average Bonchev–Trinajstić information content (AvgIpc) is 2.98. The van der Waals surface area contributed by atoms with Crippen LogP contribution in [0.5, 0.6) is 0 Å². The van der Waals surface area contributed by atoms with Gasteiger partial charge in [0.05, 0.1) is 25.6 Å². The Bertz CT molecular complexity index is 765. The van der Waals surface area contributed by atoms with Gasteiger partial charge in [-0.1, -0.05) is 98.0 Å². The Labute approximate surface area is 251 Å². The second-order valence-electron chi connectivity index (χ2n) is 11.2. The van der Waals surface area contributed by atoms with Crippen LogP contribution in [0.4, 0.5) is 0 Å². The zero-order valence-corrected chi connectivity index (χ0v) is 27.8. The van der Waals surface area contributed by atoms with Gasteiger partial charge in [0, 0.05) is 26.0 Å². The first-order chi connectivity index (χ1) is 19.3. The zero-order chi connectivity index (χ0) is 30.4. The van der Waals surface area contributed by atoms with Crippen molar-refractivity contribution in [2.45, 2.75) is 137 Å². The maximum atomic E-state index is 13.6. The number of esters is 1. The molecule has 0 aromatic rings. The molecule has 0 amide bonds. The van der Waals surface area contributed by atoms with Gasteiger partial charge >= 0.3 is 5.97 Å². The van der Waals surface area contributed by atoms with Crippen molar-refractivity contribution in [3.05, 3.63) is 11.6 Å². The summed E-state index contributed by atoms with van der Waals surface area (Å²) in [5, 5.41) is 15.4. The molecule has 0 radical (unpaired) electrons. The molecule has 2 aliphatic rings. The first-order valence-electron chi connectivity index (χ1n) is 15.9. The van der Waals surface area contributed by atoms with Crippen molar-refractivity contribution >= 4 is 30.4 Å². The number of carbonyl (C=O) groups excluding carboxylic acids is 1. The molecule has 2 atom stereocenters. The number of likely N-dealkylation sites (N-methyl/N-ethyl adjacent to an activating group) is 1. The minimum atomic E-state index is -0.306. The third-order valence-corrected chi connectivity index (χ3v) is 8.53. The van der Waals surface area contributed by atoms with Crippen molar-refractivity contribution in [1.82, 2.24) is 0 Å². The van der Waals surface area contributed by atoms with E-state index in [9.17, 15) is 4.79 Å². The number of nitrogens with one attached hydrogen (secondary N) is 1. The number of thiol groups is 1. The van der Waals surface area contributed by atoms with Crippen molar-refractivity contribution < 1.29 is 23.9 Å². The standard InChI is InChI=1S/C29H51N3O3S.C2H6.CH4O/c1-5-7-9-12-18-29(19-13-11-14-20-29)28(33)35-24(3)32(4)21-16-17-25(23-32)26(31-36)27(30)34-22-15-10-8-6-2;2*1-2/h17,24H,5-16,18-23H2,1-4H3,(H-,30,36);1-2H3;2H,1H3/p+1. The minimum Gasteiger partial charge on any atom is -0.477 e. The molecular weight excluding hydrogens is 522 g/mol. The van der Waals surface area contributed by atoms with E-state index in [-0.39, 0.29) is 23.5 Å². The molecular formula is C32H62N3O4S+. The van der Waals surface area contributed by atoms with Crippen LogP contribution in [0.3, 0.4) is 0 Å². The van der Waals surface area contributed by atoms with Crippen molar-refractivity contribution in [2.75, 3.05) is 33.9 Å². The predicted octanol–water partition coefficient (Wildman–Crippen LogP) is 8.07. The van der Waals surface area contributed by atoms with E-state index in [4.69, 9.17) is 20.0 Å². The fraction of sp³-hybridized carbons (Fsp3) is 0.844. The van der Waals surface area contributed by atoms with Gasteiger partial charge in [-0.3, -0.25) is 14.7 Å². The lowest BCUT2D eigenvalue weighted by atomic mass is 9.71. The Kier molecular flexibility index (Phi) is 21.5. The monoisotopic (exact) mass is 584 g/mol. The van der Waals surface area contributed by atoms with Crippen molar-refractivity contribution in [2.24, 2.45) is 9.81 Å². The normalized spacial score (nSPS) is 21.0. The number of aliphatic hydroxyl groups excluding tert-OH is 1. The molecule has 0 saturated heterocycles. The maximum Gasteiger partial charge on any atom is 0.316 e. The minimum absolute atomic E-state index is 0.00731. The van der Waals surface area contributed by atoms with Crippen molar-refractivity contribution in [3.63, 3.8) is 0 Å². The molecule has 1 heterocycles. The molecule has 8 heteroatoms. The van der Waals surface area contributed by atoms with Crippen LogP contribution < -0.4 is 0 Å². The highest BCUT2D eigenvalue weighted by molar-refractivity contribution is 7.79. The van der Waals surface area contributed by atoms with Gasteiger partial charge in [-0.05, 0) is 38.5 Å². The SMILES string of the molecule is CC.CCCCCCOC(=N)/C(=N\S)C1=CCC[N+](C)(C(C)OC(=O)C2(CCCCCC)CCCCC2)C1.CO. The Balaban J connectivity index is 0.00000363. The third kappa shape index (κ3) is 12.6. The highest BCUT2D eigenvalue weighted by atomic mass is 32.1. The summed E-state index contributed by atoms with van der Waals surface area (Å²) in [6.45, 7) is 12.5. The molecule has 1 saturated carbocycles. The first-order valence-corrected chi connectivity index (χ1v) is 16.3. The number of carbonyl (C=O) groups is 1. The molecule has 7 nitrogen and oxygen atoms in total. The number of hydrogen-bond donors (Lipinski definition) is 3. The summed E-state index contributed by atoms with van der Waals surface area (Å²) in [4.78, 5) is 13.6. The molecule has 0 aromatic heterocycles. The van der Waals surface area contributed by atoms with Crippen LogP contribution in [0.2, 0.25) is 0 Å². The summed E-state index contributed by atoms with van der Waals surface area (Å²) in [6.07, 6.45) is 18.2. The van der Waals surface area contributed by atoms with Gasteiger partial charge in [0.2, 0.25) is 12.1 Å². The lowest BCUT2D eigenvalue weighted by molar-refractivity contribution is -0.947. The van der Waals surface area contributed by atoms with E-state index in [0.29, 0.717) is 23.3 Å². The number of unbranched alkanes of at least 4 members (excludes halogenated alkanes) is 6. The van der Waals surface area contributed by atoms with Gasteiger partial charge in [0.15, 0.2) is 0 Å². The Hall–Kier alpha value is -1.38. The lowest BCUT2D eigenvalue weighted by Gasteiger charge is -2.43. The van der Waals surface area contributed by atoms with E-state index in [1.54, 1.807) is 0 Å². The van der Waals surface area contributed by atoms with Crippen molar-refractivity contribution in [3.8, 4) is 0 Å². The van der Waals surface area contributed by atoms with E-state index in [1.165, 1.54) is 38.5 Å². The fourth-order valence-electron chi connectivity index (χ4n) is 5.66. The van der Waals surface area contributed by atoms with Crippen LogP contribution in [0.1, 0.15) is 131 Å². The molecule has 1 fully saturated rings.